The van der Waals surface area contributed by atoms with Crippen molar-refractivity contribution in [3.05, 3.63) is 57.6 Å². The lowest BCUT2D eigenvalue weighted by Gasteiger charge is -2.31. The third kappa shape index (κ3) is 3.82. The zero-order chi connectivity index (χ0) is 19.7. The Hall–Kier alpha value is -2.24. The van der Waals surface area contributed by atoms with Gasteiger partial charge < -0.3 is 14.4 Å². The first-order valence-electron chi connectivity index (χ1n) is 9.21. The van der Waals surface area contributed by atoms with E-state index >= 15 is 0 Å². The van der Waals surface area contributed by atoms with E-state index in [9.17, 15) is 9.59 Å². The molecule has 1 fully saturated rings. The topological polar surface area (TPSA) is 55.8 Å². The fourth-order valence-electron chi connectivity index (χ4n) is 3.61. The molecule has 5 nitrogen and oxygen atoms in total. The third-order valence-corrected chi connectivity index (χ3v) is 5.70. The molecule has 2 aromatic rings. The Kier molecular flexibility index (Phi) is 5.47. The molecule has 4 rings (SSSR count). The summed E-state index contributed by atoms with van der Waals surface area (Å²) in [5, 5.41) is 0.847. The normalized spacial score (nSPS) is 16.7. The highest BCUT2D eigenvalue weighted by Gasteiger charge is 2.29. The fourth-order valence-corrected chi connectivity index (χ4v) is 3.98. The molecule has 0 saturated carbocycles. The van der Waals surface area contributed by atoms with Gasteiger partial charge in [-0.1, -0.05) is 23.2 Å². The molecule has 0 bridgehead atoms. The summed E-state index contributed by atoms with van der Waals surface area (Å²) in [6.45, 7) is 2.01. The monoisotopic (exact) mass is 419 g/mol. The number of ketones is 1. The van der Waals surface area contributed by atoms with Gasteiger partial charge in [0.05, 0.1) is 10.6 Å². The lowest BCUT2D eigenvalue weighted by atomic mass is 9.88. The number of rotatable bonds is 3. The molecule has 2 aliphatic heterocycles. The average Bonchev–Trinajstić information content (AvgIpc) is 2.74. The van der Waals surface area contributed by atoms with Crippen LogP contribution in [0.15, 0.2) is 36.4 Å². The summed E-state index contributed by atoms with van der Waals surface area (Å²) < 4.78 is 11.1. The van der Waals surface area contributed by atoms with Gasteiger partial charge in [-0.2, -0.15) is 0 Å². The predicted molar refractivity (Wildman–Crippen MR) is 107 cm³/mol. The Morgan fingerprint density at radius 1 is 0.929 bits per heavy atom. The Balaban J connectivity index is 1.42. The highest BCUT2D eigenvalue weighted by atomic mass is 35.5. The van der Waals surface area contributed by atoms with Crippen molar-refractivity contribution < 1.29 is 19.1 Å². The number of ether oxygens (including phenoxy) is 2. The molecule has 0 radical (unpaired) electrons. The molecule has 0 spiro atoms. The molecule has 1 amide bonds. The highest BCUT2D eigenvalue weighted by molar-refractivity contribution is 6.35. The molecule has 2 heterocycles. The van der Waals surface area contributed by atoms with Crippen molar-refractivity contribution in [2.24, 2.45) is 5.92 Å². The molecule has 2 aliphatic rings. The second kappa shape index (κ2) is 8.02. The molecular weight excluding hydrogens is 401 g/mol. The first kappa shape index (κ1) is 19.1. The number of nitrogens with zero attached hydrogens (tertiary/aromatic N) is 1. The van der Waals surface area contributed by atoms with Crippen molar-refractivity contribution in [1.29, 1.82) is 0 Å². The van der Waals surface area contributed by atoms with E-state index in [2.05, 4.69) is 0 Å². The number of carbonyl (C=O) groups excluding carboxylic acids is 2. The summed E-state index contributed by atoms with van der Waals surface area (Å²) in [6, 6.07) is 10.2. The third-order valence-electron chi connectivity index (χ3n) is 5.14. The van der Waals surface area contributed by atoms with Crippen molar-refractivity contribution in [3.63, 3.8) is 0 Å². The predicted octanol–water partition coefficient (Wildman–Crippen LogP) is 4.50. The summed E-state index contributed by atoms with van der Waals surface area (Å²) >= 11 is 12.1. The summed E-state index contributed by atoms with van der Waals surface area (Å²) in [5.41, 5.74) is 1.01. The van der Waals surface area contributed by atoms with E-state index in [1.165, 1.54) is 0 Å². The van der Waals surface area contributed by atoms with Crippen LogP contribution in [-0.2, 0) is 0 Å². The van der Waals surface area contributed by atoms with Crippen LogP contribution in [0.25, 0.3) is 0 Å². The number of hydrogen-bond donors (Lipinski definition) is 0. The van der Waals surface area contributed by atoms with Gasteiger partial charge in [-0.25, -0.2) is 0 Å². The van der Waals surface area contributed by atoms with E-state index in [4.69, 9.17) is 32.7 Å². The van der Waals surface area contributed by atoms with Crippen LogP contribution in [0.1, 0.15) is 33.6 Å². The maximum atomic E-state index is 12.9. The van der Waals surface area contributed by atoms with E-state index in [0.717, 1.165) is 0 Å². The highest BCUT2D eigenvalue weighted by Crippen LogP contribution is 2.33. The van der Waals surface area contributed by atoms with Gasteiger partial charge in [-0.05, 0) is 49.2 Å². The molecule has 0 aliphatic carbocycles. The smallest absolute Gasteiger partial charge is 0.255 e. The van der Waals surface area contributed by atoms with Crippen LogP contribution in [0.5, 0.6) is 11.5 Å². The molecule has 0 aromatic heterocycles. The van der Waals surface area contributed by atoms with Crippen LogP contribution >= 0.6 is 23.2 Å². The number of hydrogen-bond acceptors (Lipinski definition) is 4. The van der Waals surface area contributed by atoms with Gasteiger partial charge >= 0.3 is 0 Å². The number of carbonyl (C=O) groups is 2. The minimum Gasteiger partial charge on any atom is -0.486 e. The fraction of sp³-hybridized carbons (Fsp3) is 0.333. The summed E-state index contributed by atoms with van der Waals surface area (Å²) in [5.74, 6) is 1.07. The standard InChI is InChI=1S/C21H19Cl2NO4/c22-15-2-3-17(23)16(12-15)21(26)24-7-5-13(6-8-24)20(25)14-1-4-18-19(11-14)28-10-9-27-18/h1-4,11-13H,5-10H2. The zero-order valence-electron chi connectivity index (χ0n) is 15.1. The number of halogens is 2. The molecule has 146 valence electrons. The number of Topliss-reactive ketones (excluding diaryl/α,β-unsaturated/α-hetero) is 1. The van der Waals surface area contributed by atoms with Gasteiger partial charge in [0.2, 0.25) is 0 Å². The SMILES string of the molecule is O=C(c1ccc2c(c1)OCCO2)C1CCN(C(=O)c2cc(Cl)ccc2Cl)CC1. The number of piperidine rings is 1. The van der Waals surface area contributed by atoms with E-state index in [0.29, 0.717) is 71.8 Å². The quantitative estimate of drug-likeness (QED) is 0.687. The van der Waals surface area contributed by atoms with Crippen LogP contribution in [-0.4, -0.2) is 42.9 Å². The minimum atomic E-state index is -0.155. The lowest BCUT2D eigenvalue weighted by molar-refractivity contribution is 0.0650. The van der Waals surface area contributed by atoms with Crippen LogP contribution < -0.4 is 9.47 Å². The van der Waals surface area contributed by atoms with E-state index in [1.54, 1.807) is 41.3 Å². The summed E-state index contributed by atoms with van der Waals surface area (Å²) in [7, 11) is 0. The second-order valence-electron chi connectivity index (χ2n) is 6.91. The number of fused-ring (bicyclic) bond motifs is 1. The molecule has 2 aromatic carbocycles. The van der Waals surface area contributed by atoms with Crippen LogP contribution in [0.3, 0.4) is 0 Å². The number of likely N-dealkylation sites (tertiary alicyclic amines) is 1. The lowest BCUT2D eigenvalue weighted by Crippen LogP contribution is -2.40. The molecular formula is C21H19Cl2NO4. The molecule has 28 heavy (non-hydrogen) atoms. The first-order chi connectivity index (χ1) is 13.5. The van der Waals surface area contributed by atoms with E-state index in [-0.39, 0.29) is 17.6 Å². The summed E-state index contributed by atoms with van der Waals surface area (Å²) in [4.78, 5) is 27.4. The van der Waals surface area contributed by atoms with Crippen LogP contribution in [0.2, 0.25) is 10.0 Å². The first-order valence-corrected chi connectivity index (χ1v) is 9.97. The van der Waals surface area contributed by atoms with Gasteiger partial charge in [-0.15, -0.1) is 0 Å². The van der Waals surface area contributed by atoms with Crippen molar-refractivity contribution in [3.8, 4) is 11.5 Å². The number of amides is 1. The van der Waals surface area contributed by atoms with Crippen molar-refractivity contribution >= 4 is 34.9 Å². The van der Waals surface area contributed by atoms with Crippen LogP contribution in [0, 0.1) is 5.92 Å². The van der Waals surface area contributed by atoms with Gasteiger partial charge in [0, 0.05) is 29.6 Å². The Morgan fingerprint density at radius 2 is 1.64 bits per heavy atom. The Bertz CT molecular complexity index is 923. The maximum absolute atomic E-state index is 12.9. The second-order valence-corrected chi connectivity index (χ2v) is 7.76. The zero-order valence-corrected chi connectivity index (χ0v) is 16.6. The van der Waals surface area contributed by atoms with E-state index in [1.807, 2.05) is 0 Å². The molecule has 0 N–H and O–H groups in total. The molecule has 7 heteroatoms. The molecule has 0 unspecified atom stereocenters. The summed E-state index contributed by atoms with van der Waals surface area (Å²) in [6.07, 6.45) is 1.22. The van der Waals surface area contributed by atoms with Crippen molar-refractivity contribution in [2.75, 3.05) is 26.3 Å². The van der Waals surface area contributed by atoms with Gasteiger partial charge in [-0.3, -0.25) is 9.59 Å². The average molecular weight is 420 g/mol. The van der Waals surface area contributed by atoms with Crippen LogP contribution in [0.4, 0.5) is 0 Å². The van der Waals surface area contributed by atoms with Crippen molar-refractivity contribution in [2.45, 2.75) is 12.8 Å². The number of benzene rings is 2. The van der Waals surface area contributed by atoms with Gasteiger partial charge in [0.1, 0.15) is 13.2 Å². The van der Waals surface area contributed by atoms with Gasteiger partial charge in [0.15, 0.2) is 17.3 Å². The maximum Gasteiger partial charge on any atom is 0.255 e. The Labute approximate surface area is 173 Å². The van der Waals surface area contributed by atoms with Crippen molar-refractivity contribution in [1.82, 2.24) is 4.90 Å². The molecule has 0 atom stereocenters. The molecule has 1 saturated heterocycles. The Morgan fingerprint density at radius 3 is 2.39 bits per heavy atom. The largest absolute Gasteiger partial charge is 0.486 e. The minimum absolute atomic E-state index is 0.0739. The van der Waals surface area contributed by atoms with E-state index < -0.39 is 0 Å². The van der Waals surface area contributed by atoms with Gasteiger partial charge in [0.25, 0.3) is 5.91 Å².